The molecule has 0 bridgehead atoms. The maximum atomic E-state index is 12.6. The number of rotatable bonds is 4. The largest absolute Gasteiger partial charge is 0.378 e. The van der Waals surface area contributed by atoms with Crippen molar-refractivity contribution in [1.82, 2.24) is 15.1 Å². The number of carbonyl (C=O) groups excluding carboxylic acids is 1. The molecule has 20 heavy (non-hydrogen) atoms. The highest BCUT2D eigenvalue weighted by atomic mass is 16.5. The summed E-state index contributed by atoms with van der Waals surface area (Å²) in [5, 5.41) is 3.35. The quantitative estimate of drug-likeness (QED) is 0.818. The van der Waals surface area contributed by atoms with E-state index in [9.17, 15) is 4.79 Å². The van der Waals surface area contributed by atoms with E-state index in [1.165, 1.54) is 12.8 Å². The van der Waals surface area contributed by atoms with Gasteiger partial charge < -0.3 is 15.0 Å². The molecule has 3 unspecified atom stereocenters. The molecule has 0 radical (unpaired) electrons. The number of carbonyl (C=O) groups is 1. The van der Waals surface area contributed by atoms with Crippen molar-refractivity contribution in [1.29, 1.82) is 0 Å². The highest BCUT2D eigenvalue weighted by Crippen LogP contribution is 2.22. The van der Waals surface area contributed by atoms with Crippen LogP contribution in [0.25, 0.3) is 0 Å². The van der Waals surface area contributed by atoms with Crippen LogP contribution in [0, 0.1) is 5.92 Å². The molecule has 2 aliphatic heterocycles. The molecule has 2 heterocycles. The van der Waals surface area contributed by atoms with Crippen molar-refractivity contribution in [2.24, 2.45) is 5.92 Å². The monoisotopic (exact) mass is 283 g/mol. The third kappa shape index (κ3) is 3.71. The summed E-state index contributed by atoms with van der Waals surface area (Å²) < 4.78 is 5.32. The minimum atomic E-state index is -0.0000406. The lowest BCUT2D eigenvalue weighted by molar-refractivity contribution is -0.141. The second-order valence-corrected chi connectivity index (χ2v) is 6.09. The third-order valence-corrected chi connectivity index (χ3v) is 4.88. The summed E-state index contributed by atoms with van der Waals surface area (Å²) >= 11 is 0. The maximum absolute atomic E-state index is 12.6. The zero-order valence-electron chi connectivity index (χ0n) is 13.1. The SMILES string of the molecule is CNC(C)C1CCCN(C(C)C(=O)N2CCOCC2)C1. The van der Waals surface area contributed by atoms with Gasteiger partial charge in [0, 0.05) is 25.7 Å². The number of morpholine rings is 1. The number of hydrogen-bond donors (Lipinski definition) is 1. The molecular formula is C15H29N3O2. The molecule has 2 aliphatic rings. The van der Waals surface area contributed by atoms with E-state index in [0.29, 0.717) is 25.2 Å². The molecule has 116 valence electrons. The average molecular weight is 283 g/mol. The molecule has 0 aliphatic carbocycles. The van der Waals surface area contributed by atoms with Gasteiger partial charge in [-0.3, -0.25) is 9.69 Å². The van der Waals surface area contributed by atoms with Crippen molar-refractivity contribution in [3.63, 3.8) is 0 Å². The summed E-state index contributed by atoms with van der Waals surface area (Å²) in [6, 6.07) is 0.517. The Hall–Kier alpha value is -0.650. The van der Waals surface area contributed by atoms with Crippen LogP contribution in [0.15, 0.2) is 0 Å². The fourth-order valence-corrected chi connectivity index (χ4v) is 3.24. The van der Waals surface area contributed by atoms with Gasteiger partial charge in [0.1, 0.15) is 0 Å². The van der Waals surface area contributed by atoms with Gasteiger partial charge in [0.25, 0.3) is 0 Å². The number of nitrogens with zero attached hydrogens (tertiary/aromatic N) is 2. The summed E-state index contributed by atoms with van der Waals surface area (Å²) in [6.07, 6.45) is 2.45. The Balaban J connectivity index is 1.90. The van der Waals surface area contributed by atoms with E-state index in [1.54, 1.807) is 0 Å². The normalized spacial score (nSPS) is 28.1. The van der Waals surface area contributed by atoms with Gasteiger partial charge in [-0.2, -0.15) is 0 Å². The Morgan fingerprint density at radius 2 is 1.95 bits per heavy atom. The van der Waals surface area contributed by atoms with Crippen LogP contribution in [-0.4, -0.2) is 74.2 Å². The lowest BCUT2D eigenvalue weighted by Crippen LogP contribution is -2.54. The van der Waals surface area contributed by atoms with Crippen LogP contribution in [0.2, 0.25) is 0 Å². The van der Waals surface area contributed by atoms with Gasteiger partial charge in [0.05, 0.1) is 19.3 Å². The standard InChI is InChI=1S/C15H29N3O2/c1-12(16-3)14-5-4-6-18(11-14)13(2)15(19)17-7-9-20-10-8-17/h12-14,16H,4-11H2,1-3H3. The van der Waals surface area contributed by atoms with E-state index in [2.05, 4.69) is 24.1 Å². The van der Waals surface area contributed by atoms with Crippen molar-refractivity contribution >= 4 is 5.91 Å². The Bertz CT molecular complexity index is 318. The van der Waals surface area contributed by atoms with Crippen molar-refractivity contribution in [2.45, 2.75) is 38.8 Å². The van der Waals surface area contributed by atoms with Crippen LogP contribution in [0.3, 0.4) is 0 Å². The third-order valence-electron chi connectivity index (χ3n) is 4.88. The summed E-state index contributed by atoms with van der Waals surface area (Å²) in [7, 11) is 2.02. The Labute approximate surface area is 122 Å². The predicted octanol–water partition coefficient (Wildman–Crippen LogP) is 0.554. The highest BCUT2D eigenvalue weighted by Gasteiger charge is 2.31. The number of likely N-dealkylation sites (tertiary alicyclic amines) is 1. The number of ether oxygens (including phenoxy) is 1. The van der Waals surface area contributed by atoms with Gasteiger partial charge in [-0.05, 0) is 46.2 Å². The fraction of sp³-hybridized carbons (Fsp3) is 0.933. The molecule has 2 saturated heterocycles. The minimum Gasteiger partial charge on any atom is -0.378 e. The van der Waals surface area contributed by atoms with Crippen LogP contribution in [0.4, 0.5) is 0 Å². The maximum Gasteiger partial charge on any atom is 0.239 e. The summed E-state index contributed by atoms with van der Waals surface area (Å²) in [6.45, 7) is 9.22. The number of hydrogen-bond acceptors (Lipinski definition) is 4. The predicted molar refractivity (Wildman–Crippen MR) is 79.7 cm³/mol. The van der Waals surface area contributed by atoms with Crippen molar-refractivity contribution in [2.75, 3.05) is 46.4 Å². The van der Waals surface area contributed by atoms with Crippen LogP contribution < -0.4 is 5.32 Å². The lowest BCUT2D eigenvalue weighted by atomic mass is 9.91. The Kier molecular flexibility index (Phi) is 5.81. The van der Waals surface area contributed by atoms with Crippen LogP contribution in [-0.2, 0) is 9.53 Å². The Morgan fingerprint density at radius 1 is 1.25 bits per heavy atom. The molecule has 2 fully saturated rings. The molecule has 0 aromatic rings. The summed E-state index contributed by atoms with van der Waals surface area (Å²) in [5.41, 5.74) is 0. The first-order chi connectivity index (χ1) is 9.63. The molecule has 2 rings (SSSR count). The van der Waals surface area contributed by atoms with Gasteiger partial charge >= 0.3 is 0 Å². The van der Waals surface area contributed by atoms with Gasteiger partial charge in [0.15, 0.2) is 0 Å². The molecule has 3 atom stereocenters. The number of piperidine rings is 1. The van der Waals surface area contributed by atoms with Crippen LogP contribution in [0.5, 0.6) is 0 Å². The summed E-state index contributed by atoms with van der Waals surface area (Å²) in [4.78, 5) is 16.9. The first kappa shape index (κ1) is 15.7. The lowest BCUT2D eigenvalue weighted by Gasteiger charge is -2.40. The molecule has 5 heteroatoms. The fourth-order valence-electron chi connectivity index (χ4n) is 3.24. The average Bonchev–Trinajstić information content (AvgIpc) is 2.53. The van der Waals surface area contributed by atoms with Crippen molar-refractivity contribution in [3.05, 3.63) is 0 Å². The molecule has 0 spiro atoms. The van der Waals surface area contributed by atoms with Crippen LogP contribution >= 0.6 is 0 Å². The van der Waals surface area contributed by atoms with E-state index < -0.39 is 0 Å². The minimum absolute atomic E-state index is 0.0000406. The van der Waals surface area contributed by atoms with E-state index in [4.69, 9.17) is 4.74 Å². The van der Waals surface area contributed by atoms with Gasteiger partial charge in [-0.15, -0.1) is 0 Å². The van der Waals surface area contributed by atoms with Gasteiger partial charge in [-0.1, -0.05) is 0 Å². The molecule has 1 amide bonds. The zero-order valence-corrected chi connectivity index (χ0v) is 13.1. The smallest absolute Gasteiger partial charge is 0.239 e. The second-order valence-electron chi connectivity index (χ2n) is 6.09. The zero-order chi connectivity index (χ0) is 14.5. The van der Waals surface area contributed by atoms with E-state index in [1.807, 2.05) is 11.9 Å². The molecule has 5 nitrogen and oxygen atoms in total. The number of nitrogens with one attached hydrogen (secondary N) is 1. The van der Waals surface area contributed by atoms with Crippen molar-refractivity contribution in [3.8, 4) is 0 Å². The van der Waals surface area contributed by atoms with Crippen LogP contribution in [0.1, 0.15) is 26.7 Å². The van der Waals surface area contributed by atoms with E-state index in [0.717, 1.165) is 26.2 Å². The topological polar surface area (TPSA) is 44.8 Å². The highest BCUT2D eigenvalue weighted by molar-refractivity contribution is 5.81. The number of amides is 1. The first-order valence-corrected chi connectivity index (χ1v) is 7.91. The molecule has 0 aromatic heterocycles. The molecule has 0 saturated carbocycles. The molecule has 0 aromatic carbocycles. The van der Waals surface area contributed by atoms with Crippen molar-refractivity contribution < 1.29 is 9.53 Å². The van der Waals surface area contributed by atoms with Gasteiger partial charge in [0.2, 0.25) is 5.91 Å². The second kappa shape index (κ2) is 7.38. The molecule has 1 N–H and O–H groups in total. The molecular weight excluding hydrogens is 254 g/mol. The summed E-state index contributed by atoms with van der Waals surface area (Å²) in [5.74, 6) is 0.916. The Morgan fingerprint density at radius 3 is 2.60 bits per heavy atom. The van der Waals surface area contributed by atoms with E-state index >= 15 is 0 Å². The van der Waals surface area contributed by atoms with Gasteiger partial charge in [-0.25, -0.2) is 0 Å². The first-order valence-electron chi connectivity index (χ1n) is 7.91. The van der Waals surface area contributed by atoms with E-state index in [-0.39, 0.29) is 11.9 Å².